The van der Waals surface area contributed by atoms with E-state index in [1.54, 1.807) is 34.8 Å². The van der Waals surface area contributed by atoms with Gasteiger partial charge in [0.25, 0.3) is 5.91 Å². The van der Waals surface area contributed by atoms with E-state index in [1.807, 2.05) is 42.6 Å². The second-order valence-corrected chi connectivity index (χ2v) is 7.62. The number of benzene rings is 2. The molecular formula is C21H20N4O2S. The molecule has 0 saturated heterocycles. The molecule has 2 amide bonds. The number of amides is 2. The minimum atomic E-state index is -0.139. The molecule has 0 radical (unpaired) electrons. The summed E-state index contributed by atoms with van der Waals surface area (Å²) in [6.07, 6.45) is 4.87. The van der Waals surface area contributed by atoms with Crippen LogP contribution in [0.4, 0.5) is 5.69 Å². The van der Waals surface area contributed by atoms with Crippen LogP contribution in [-0.4, -0.2) is 33.9 Å². The summed E-state index contributed by atoms with van der Waals surface area (Å²) in [5, 5.41) is 10.0. The Balaban J connectivity index is 1.34. The lowest BCUT2D eigenvalue weighted by atomic mass is 10.1. The third-order valence-corrected chi connectivity index (χ3v) is 5.58. The van der Waals surface area contributed by atoms with Gasteiger partial charge in [-0.25, -0.2) is 4.68 Å². The highest BCUT2D eigenvalue weighted by Gasteiger charge is 2.15. The molecule has 1 aromatic heterocycles. The fourth-order valence-electron chi connectivity index (χ4n) is 3.02. The number of hydrogen-bond acceptors (Lipinski definition) is 4. The van der Waals surface area contributed by atoms with E-state index in [1.165, 1.54) is 0 Å². The normalized spacial score (nSPS) is 13.4. The molecule has 0 atom stereocenters. The molecule has 7 heteroatoms. The van der Waals surface area contributed by atoms with Crippen LogP contribution in [0, 0.1) is 0 Å². The Morgan fingerprint density at radius 2 is 2.07 bits per heavy atom. The third-order valence-electron chi connectivity index (χ3n) is 4.51. The molecule has 2 heterocycles. The maximum absolute atomic E-state index is 12.5. The number of rotatable bonds is 5. The zero-order valence-corrected chi connectivity index (χ0v) is 16.0. The van der Waals surface area contributed by atoms with Crippen molar-refractivity contribution in [3.63, 3.8) is 0 Å². The molecule has 4 rings (SSSR count). The van der Waals surface area contributed by atoms with E-state index in [4.69, 9.17) is 0 Å². The molecule has 1 aliphatic rings. The quantitative estimate of drug-likeness (QED) is 0.699. The molecule has 2 aromatic carbocycles. The van der Waals surface area contributed by atoms with Crippen LogP contribution >= 0.6 is 11.8 Å². The largest absolute Gasteiger partial charge is 0.352 e. The first-order chi connectivity index (χ1) is 13.7. The van der Waals surface area contributed by atoms with E-state index < -0.39 is 0 Å². The molecule has 142 valence electrons. The molecule has 1 aliphatic heterocycles. The first-order valence-electron chi connectivity index (χ1n) is 9.13. The maximum atomic E-state index is 12.5. The zero-order chi connectivity index (χ0) is 19.3. The van der Waals surface area contributed by atoms with Crippen LogP contribution in [0.3, 0.4) is 0 Å². The minimum absolute atomic E-state index is 0.0117. The van der Waals surface area contributed by atoms with E-state index in [2.05, 4.69) is 15.7 Å². The number of nitrogens with zero attached hydrogens (tertiary/aromatic N) is 2. The van der Waals surface area contributed by atoms with Crippen molar-refractivity contribution >= 4 is 29.3 Å². The highest BCUT2D eigenvalue weighted by Crippen LogP contribution is 2.31. The predicted octanol–water partition coefficient (Wildman–Crippen LogP) is 3.28. The van der Waals surface area contributed by atoms with E-state index in [9.17, 15) is 9.59 Å². The summed E-state index contributed by atoms with van der Waals surface area (Å²) in [6, 6.07) is 15.4. The Hall–Kier alpha value is -3.06. The van der Waals surface area contributed by atoms with Gasteiger partial charge in [0, 0.05) is 41.6 Å². The molecule has 0 spiro atoms. The predicted molar refractivity (Wildman–Crippen MR) is 110 cm³/mol. The molecule has 0 fully saturated rings. The highest BCUT2D eigenvalue weighted by atomic mass is 32.2. The Morgan fingerprint density at radius 3 is 2.86 bits per heavy atom. The van der Waals surface area contributed by atoms with Crippen molar-refractivity contribution in [2.45, 2.75) is 17.7 Å². The van der Waals surface area contributed by atoms with E-state index >= 15 is 0 Å². The van der Waals surface area contributed by atoms with Crippen molar-refractivity contribution in [2.75, 3.05) is 17.6 Å². The van der Waals surface area contributed by atoms with Gasteiger partial charge in [-0.1, -0.05) is 12.1 Å². The topological polar surface area (TPSA) is 76.0 Å². The number of thioether (sulfide) groups is 1. The molecule has 28 heavy (non-hydrogen) atoms. The third kappa shape index (κ3) is 4.26. The summed E-state index contributed by atoms with van der Waals surface area (Å²) in [7, 11) is 0. The molecule has 0 saturated carbocycles. The lowest BCUT2D eigenvalue weighted by Gasteiger charge is -2.10. The Morgan fingerprint density at radius 1 is 1.21 bits per heavy atom. The molecule has 0 unspecified atom stereocenters. The van der Waals surface area contributed by atoms with E-state index in [-0.39, 0.29) is 11.8 Å². The molecule has 2 N–H and O–H groups in total. The van der Waals surface area contributed by atoms with Crippen LogP contribution in [-0.2, 0) is 11.2 Å². The fourth-order valence-corrected chi connectivity index (χ4v) is 3.96. The van der Waals surface area contributed by atoms with Gasteiger partial charge >= 0.3 is 0 Å². The Kier molecular flexibility index (Phi) is 5.43. The first-order valence-corrected chi connectivity index (χ1v) is 10.1. The Labute approximate surface area is 167 Å². The van der Waals surface area contributed by atoms with Gasteiger partial charge in [0.1, 0.15) is 0 Å². The van der Waals surface area contributed by atoms with Crippen LogP contribution in [0.1, 0.15) is 22.3 Å². The average Bonchev–Trinajstić information content (AvgIpc) is 3.17. The molecular weight excluding hydrogens is 372 g/mol. The van der Waals surface area contributed by atoms with Crippen LogP contribution in [0.5, 0.6) is 0 Å². The minimum Gasteiger partial charge on any atom is -0.352 e. The molecule has 3 aromatic rings. The maximum Gasteiger partial charge on any atom is 0.251 e. The number of nitrogens with one attached hydrogen (secondary N) is 2. The van der Waals surface area contributed by atoms with Gasteiger partial charge in [-0.2, -0.15) is 5.10 Å². The summed E-state index contributed by atoms with van der Waals surface area (Å²) in [5.41, 5.74) is 3.41. The van der Waals surface area contributed by atoms with Gasteiger partial charge in [-0.05, 0) is 48.4 Å². The van der Waals surface area contributed by atoms with Crippen molar-refractivity contribution in [1.29, 1.82) is 0 Å². The number of anilines is 1. The second kappa shape index (κ2) is 8.31. The van der Waals surface area contributed by atoms with Gasteiger partial charge < -0.3 is 10.6 Å². The standard InChI is InChI=1S/C21H20N4O2S/c26-20-9-13-28-19-7-4-16(14-18(19)24-20)21(27)22-11-8-15-2-5-17(6-3-15)25-12-1-10-23-25/h1-7,10,12,14H,8-9,11,13H2,(H,22,27)(H,24,26). The molecule has 6 nitrogen and oxygen atoms in total. The van der Waals surface area contributed by atoms with Gasteiger partial charge in [0.05, 0.1) is 11.4 Å². The van der Waals surface area contributed by atoms with Gasteiger partial charge in [0.2, 0.25) is 5.91 Å². The second-order valence-electron chi connectivity index (χ2n) is 6.48. The summed E-state index contributed by atoms with van der Waals surface area (Å²) in [6.45, 7) is 0.540. The van der Waals surface area contributed by atoms with Gasteiger partial charge in [-0.15, -0.1) is 11.8 Å². The first kappa shape index (κ1) is 18.3. The van der Waals surface area contributed by atoms with E-state index in [0.29, 0.717) is 18.5 Å². The summed E-state index contributed by atoms with van der Waals surface area (Å²) in [4.78, 5) is 25.2. The number of carbonyl (C=O) groups excluding carboxylic acids is 2. The molecule has 0 aliphatic carbocycles. The number of aromatic nitrogens is 2. The van der Waals surface area contributed by atoms with Gasteiger partial charge in [0.15, 0.2) is 0 Å². The molecule has 0 bridgehead atoms. The monoisotopic (exact) mass is 392 g/mol. The van der Waals surface area contributed by atoms with Crippen molar-refractivity contribution in [3.05, 3.63) is 72.1 Å². The van der Waals surface area contributed by atoms with Crippen molar-refractivity contribution in [2.24, 2.45) is 0 Å². The van der Waals surface area contributed by atoms with Crippen molar-refractivity contribution in [1.82, 2.24) is 15.1 Å². The van der Waals surface area contributed by atoms with Crippen molar-refractivity contribution in [3.8, 4) is 5.69 Å². The van der Waals surface area contributed by atoms with Crippen LogP contribution in [0.25, 0.3) is 5.69 Å². The number of carbonyl (C=O) groups is 2. The highest BCUT2D eigenvalue weighted by molar-refractivity contribution is 7.99. The van der Waals surface area contributed by atoms with Gasteiger partial charge in [-0.3, -0.25) is 9.59 Å². The summed E-state index contributed by atoms with van der Waals surface area (Å²) < 4.78 is 1.81. The van der Waals surface area contributed by atoms with Crippen LogP contribution in [0.15, 0.2) is 65.8 Å². The SMILES string of the molecule is O=C1CCSc2ccc(C(=O)NCCc3ccc(-n4cccn4)cc3)cc2N1. The zero-order valence-electron chi connectivity index (χ0n) is 15.2. The number of hydrogen-bond donors (Lipinski definition) is 2. The lowest BCUT2D eigenvalue weighted by molar-refractivity contribution is -0.115. The van der Waals surface area contributed by atoms with Crippen LogP contribution < -0.4 is 10.6 Å². The van der Waals surface area contributed by atoms with Crippen molar-refractivity contribution < 1.29 is 9.59 Å². The smallest absolute Gasteiger partial charge is 0.251 e. The lowest BCUT2D eigenvalue weighted by Crippen LogP contribution is -2.25. The average molecular weight is 392 g/mol. The fraction of sp³-hybridized carbons (Fsp3) is 0.190. The summed E-state index contributed by atoms with van der Waals surface area (Å²) >= 11 is 1.63. The van der Waals surface area contributed by atoms with Crippen LogP contribution in [0.2, 0.25) is 0 Å². The van der Waals surface area contributed by atoms with E-state index in [0.717, 1.165) is 34.0 Å². The Bertz CT molecular complexity index is 984. The number of fused-ring (bicyclic) bond motifs is 1. The summed E-state index contributed by atoms with van der Waals surface area (Å²) in [5.74, 6) is 0.602.